The van der Waals surface area contributed by atoms with Crippen molar-refractivity contribution in [2.24, 2.45) is 0 Å². The van der Waals surface area contributed by atoms with E-state index in [0.29, 0.717) is 6.54 Å². The molecule has 0 unspecified atom stereocenters. The highest BCUT2D eigenvalue weighted by molar-refractivity contribution is 7.16. The first-order valence-electron chi connectivity index (χ1n) is 10.2. The van der Waals surface area contributed by atoms with Crippen molar-refractivity contribution in [2.45, 2.75) is 0 Å². The van der Waals surface area contributed by atoms with Gasteiger partial charge in [-0.2, -0.15) is 0 Å². The highest BCUT2D eigenvalue weighted by Gasteiger charge is 2.18. The molecule has 1 aliphatic rings. The van der Waals surface area contributed by atoms with Crippen molar-refractivity contribution in [1.29, 1.82) is 0 Å². The average molecular weight is 454 g/mol. The van der Waals surface area contributed by atoms with Crippen molar-refractivity contribution in [3.8, 4) is 10.4 Å². The van der Waals surface area contributed by atoms with E-state index >= 15 is 0 Å². The number of nitrogens with one attached hydrogen (secondary N) is 1. The molecular weight excluding hydrogens is 430 g/mol. The zero-order valence-corrected chi connectivity index (χ0v) is 18.6. The minimum Gasteiger partial charge on any atom is -0.351 e. The third kappa shape index (κ3) is 6.13. The Kier molecular flexibility index (Phi) is 7.30. The summed E-state index contributed by atoms with van der Waals surface area (Å²) in [6, 6.07) is 13.7. The molecule has 1 saturated heterocycles. The van der Waals surface area contributed by atoms with Crippen LogP contribution in [0.2, 0.25) is 5.02 Å². The smallest absolute Gasteiger partial charge is 0.244 e. The molecule has 1 aromatic carbocycles. The molecule has 1 aliphatic heterocycles. The van der Waals surface area contributed by atoms with Gasteiger partial charge in [0.1, 0.15) is 0 Å². The monoisotopic (exact) mass is 453 g/mol. The van der Waals surface area contributed by atoms with E-state index in [9.17, 15) is 4.79 Å². The van der Waals surface area contributed by atoms with Gasteiger partial charge in [0.05, 0.1) is 0 Å². The summed E-state index contributed by atoms with van der Waals surface area (Å²) >= 11 is 7.70. The zero-order valence-electron chi connectivity index (χ0n) is 17.1. The van der Waals surface area contributed by atoms with E-state index in [1.54, 1.807) is 29.8 Å². The highest BCUT2D eigenvalue weighted by atomic mass is 35.5. The Morgan fingerprint density at radius 1 is 1.10 bits per heavy atom. The first kappa shape index (κ1) is 21.5. The van der Waals surface area contributed by atoms with Crippen molar-refractivity contribution >= 4 is 40.9 Å². The maximum Gasteiger partial charge on any atom is 0.244 e. The summed E-state index contributed by atoms with van der Waals surface area (Å²) in [7, 11) is 0. The zero-order chi connectivity index (χ0) is 21.5. The highest BCUT2D eigenvalue weighted by Crippen LogP contribution is 2.30. The fraction of sp³-hybridized carbons (Fsp3) is 0.261. The molecule has 0 bridgehead atoms. The Morgan fingerprint density at radius 2 is 1.90 bits per heavy atom. The van der Waals surface area contributed by atoms with Gasteiger partial charge >= 0.3 is 0 Å². The number of anilines is 1. The molecule has 6 nitrogen and oxygen atoms in total. The molecule has 160 valence electrons. The SMILES string of the molecule is O=C(C=Cc1ccc(-c2cccc(Cl)c2)s1)NCCN1CCN(c2ncccn2)CC1. The summed E-state index contributed by atoms with van der Waals surface area (Å²) in [6.45, 7) is 5.12. The molecule has 1 N–H and O–H groups in total. The Balaban J connectivity index is 1.18. The standard InChI is InChI=1S/C23H24ClN5OS/c24-19-4-1-3-18(17-19)21-7-5-20(31-21)6-8-22(30)25-11-12-28-13-15-29(16-14-28)23-26-9-2-10-27-23/h1-10,17H,11-16H2,(H,25,30). The van der Waals surface area contributed by atoms with Crippen LogP contribution < -0.4 is 10.2 Å². The lowest BCUT2D eigenvalue weighted by molar-refractivity contribution is -0.116. The van der Waals surface area contributed by atoms with Crippen LogP contribution in [0.1, 0.15) is 4.88 Å². The van der Waals surface area contributed by atoms with E-state index < -0.39 is 0 Å². The number of carbonyl (C=O) groups is 1. The van der Waals surface area contributed by atoms with E-state index in [-0.39, 0.29) is 5.91 Å². The van der Waals surface area contributed by atoms with E-state index in [2.05, 4.69) is 25.1 Å². The third-order valence-electron chi connectivity index (χ3n) is 5.07. The summed E-state index contributed by atoms with van der Waals surface area (Å²) in [5.41, 5.74) is 1.08. The first-order chi connectivity index (χ1) is 15.2. The van der Waals surface area contributed by atoms with Crippen molar-refractivity contribution in [3.63, 3.8) is 0 Å². The third-order valence-corrected chi connectivity index (χ3v) is 6.40. The molecule has 31 heavy (non-hydrogen) atoms. The molecule has 3 heterocycles. The number of carbonyl (C=O) groups excluding carboxylic acids is 1. The Hall–Kier alpha value is -2.74. The number of hydrogen-bond donors (Lipinski definition) is 1. The molecule has 8 heteroatoms. The van der Waals surface area contributed by atoms with Crippen LogP contribution in [0.25, 0.3) is 16.5 Å². The number of amides is 1. The molecule has 0 atom stereocenters. The van der Waals surface area contributed by atoms with Crippen molar-refractivity contribution in [3.05, 3.63) is 70.8 Å². The molecule has 0 radical (unpaired) electrons. The summed E-state index contributed by atoms with van der Waals surface area (Å²) in [5, 5.41) is 3.69. The maximum atomic E-state index is 12.2. The van der Waals surface area contributed by atoms with Gasteiger partial charge in [-0.1, -0.05) is 23.7 Å². The lowest BCUT2D eigenvalue weighted by Gasteiger charge is -2.34. The van der Waals surface area contributed by atoms with E-state index in [1.165, 1.54) is 0 Å². The van der Waals surface area contributed by atoms with Crippen LogP contribution in [0.5, 0.6) is 0 Å². The number of aromatic nitrogens is 2. The van der Waals surface area contributed by atoms with Crippen LogP contribution in [0, 0.1) is 0 Å². The molecule has 0 aliphatic carbocycles. The van der Waals surface area contributed by atoms with Crippen molar-refractivity contribution < 1.29 is 4.79 Å². The summed E-state index contributed by atoms with van der Waals surface area (Å²) in [6.07, 6.45) is 6.99. The number of hydrogen-bond acceptors (Lipinski definition) is 6. The first-order valence-corrected chi connectivity index (χ1v) is 11.4. The average Bonchev–Trinajstić information content (AvgIpc) is 3.28. The minimum atomic E-state index is -0.0750. The number of rotatable bonds is 7. The van der Waals surface area contributed by atoms with Gasteiger partial charge in [-0.3, -0.25) is 9.69 Å². The summed E-state index contributed by atoms with van der Waals surface area (Å²) < 4.78 is 0. The van der Waals surface area contributed by atoms with Crippen LogP contribution in [-0.4, -0.2) is 60.0 Å². The fourth-order valence-electron chi connectivity index (χ4n) is 3.42. The number of benzene rings is 1. The van der Waals surface area contributed by atoms with Gasteiger partial charge in [-0.05, 0) is 42.0 Å². The molecular formula is C23H24ClN5OS. The van der Waals surface area contributed by atoms with Gasteiger partial charge in [0.25, 0.3) is 0 Å². The molecule has 0 spiro atoms. The second-order valence-corrected chi connectivity index (χ2v) is 8.77. The van der Waals surface area contributed by atoms with E-state index in [1.807, 2.05) is 48.5 Å². The van der Waals surface area contributed by atoms with Gasteiger partial charge in [-0.25, -0.2) is 9.97 Å². The van der Waals surface area contributed by atoms with E-state index in [0.717, 1.165) is 59.0 Å². The number of thiophene rings is 1. The van der Waals surface area contributed by atoms with Gasteiger partial charge < -0.3 is 10.2 Å². The van der Waals surface area contributed by atoms with Crippen LogP contribution in [0.15, 0.2) is 60.9 Å². The second kappa shape index (κ2) is 10.5. The maximum absolute atomic E-state index is 12.2. The number of nitrogens with zero attached hydrogens (tertiary/aromatic N) is 4. The molecule has 1 fully saturated rings. The van der Waals surface area contributed by atoms with Crippen molar-refractivity contribution in [2.75, 3.05) is 44.2 Å². The predicted molar refractivity (Wildman–Crippen MR) is 127 cm³/mol. The molecule has 3 aromatic rings. The molecule has 1 amide bonds. The number of piperazine rings is 1. The quantitative estimate of drug-likeness (QED) is 0.551. The lowest BCUT2D eigenvalue weighted by atomic mass is 10.2. The largest absolute Gasteiger partial charge is 0.351 e. The predicted octanol–water partition coefficient (Wildman–Crippen LogP) is 3.81. The normalized spacial score (nSPS) is 14.8. The van der Waals surface area contributed by atoms with Crippen molar-refractivity contribution in [1.82, 2.24) is 20.2 Å². The molecule has 0 saturated carbocycles. The fourth-order valence-corrected chi connectivity index (χ4v) is 4.52. The Bertz CT molecular complexity index is 1030. The Morgan fingerprint density at radius 3 is 2.68 bits per heavy atom. The second-order valence-electron chi connectivity index (χ2n) is 7.21. The lowest BCUT2D eigenvalue weighted by Crippen LogP contribution is -2.48. The van der Waals surface area contributed by atoms with Crippen LogP contribution in [0.3, 0.4) is 0 Å². The number of halogens is 1. The van der Waals surface area contributed by atoms with Crippen LogP contribution in [-0.2, 0) is 4.79 Å². The topological polar surface area (TPSA) is 61.4 Å². The minimum absolute atomic E-state index is 0.0750. The Labute approximate surface area is 191 Å². The summed E-state index contributed by atoms with van der Waals surface area (Å²) in [5.74, 6) is 0.710. The van der Waals surface area contributed by atoms with E-state index in [4.69, 9.17) is 11.6 Å². The molecule has 4 rings (SSSR count). The molecule has 2 aromatic heterocycles. The van der Waals surface area contributed by atoms with Crippen LogP contribution in [0.4, 0.5) is 5.95 Å². The van der Waals surface area contributed by atoms with Gasteiger partial charge in [0.15, 0.2) is 0 Å². The summed E-state index contributed by atoms with van der Waals surface area (Å²) in [4.78, 5) is 27.5. The van der Waals surface area contributed by atoms with Crippen LogP contribution >= 0.6 is 22.9 Å². The van der Waals surface area contributed by atoms with Gasteiger partial charge in [-0.15, -0.1) is 11.3 Å². The van der Waals surface area contributed by atoms with Gasteiger partial charge in [0.2, 0.25) is 11.9 Å². The van der Waals surface area contributed by atoms with Gasteiger partial charge in [0, 0.05) is 72.5 Å².